The van der Waals surface area contributed by atoms with Crippen molar-refractivity contribution in [3.63, 3.8) is 0 Å². The van der Waals surface area contributed by atoms with Gasteiger partial charge in [0, 0.05) is 11.9 Å². The van der Waals surface area contributed by atoms with Crippen LogP contribution in [0, 0.1) is 0 Å². The van der Waals surface area contributed by atoms with Gasteiger partial charge in [0.2, 0.25) is 0 Å². The van der Waals surface area contributed by atoms with Crippen molar-refractivity contribution in [2.75, 3.05) is 20.6 Å². The lowest BCUT2D eigenvalue weighted by Gasteiger charge is -2.10. The molecule has 0 N–H and O–H groups in total. The lowest BCUT2D eigenvalue weighted by molar-refractivity contribution is -0.0500. The van der Waals surface area contributed by atoms with Crippen LogP contribution in [0.25, 0.3) is 11.0 Å². The second-order valence-corrected chi connectivity index (χ2v) is 6.49. The zero-order valence-electron chi connectivity index (χ0n) is 11.8. The Hall–Kier alpha value is -1.74. The first-order valence-corrected chi connectivity index (χ1v) is 7.66. The molecule has 9 heteroatoms. The third kappa shape index (κ3) is 3.53. The van der Waals surface area contributed by atoms with Gasteiger partial charge in [-0.25, -0.2) is 0 Å². The number of fused-ring (bicyclic) bond motifs is 1. The van der Waals surface area contributed by atoms with Crippen LogP contribution in [0.3, 0.4) is 0 Å². The van der Waals surface area contributed by atoms with E-state index in [-0.39, 0.29) is 0 Å². The van der Waals surface area contributed by atoms with Crippen molar-refractivity contribution >= 4 is 21.1 Å². The number of benzene rings is 1. The molecule has 0 aliphatic carbocycles. The van der Waals surface area contributed by atoms with Crippen LogP contribution < -0.4 is 4.18 Å². The minimum absolute atomic E-state index is 0.405. The molecule has 0 bridgehead atoms. The normalized spacial score (nSPS) is 13.0. The SMILES string of the molecule is CN(C)CCc1coc2ccc(OS(=O)(=O)C(F)(F)F)cc12. The van der Waals surface area contributed by atoms with Gasteiger partial charge in [-0.1, -0.05) is 0 Å². The van der Waals surface area contributed by atoms with Crippen molar-refractivity contribution in [2.45, 2.75) is 11.9 Å². The zero-order valence-corrected chi connectivity index (χ0v) is 12.7. The van der Waals surface area contributed by atoms with Gasteiger partial charge in [0.25, 0.3) is 0 Å². The van der Waals surface area contributed by atoms with E-state index in [1.165, 1.54) is 18.4 Å². The molecule has 22 heavy (non-hydrogen) atoms. The highest BCUT2D eigenvalue weighted by Gasteiger charge is 2.48. The van der Waals surface area contributed by atoms with Crippen LogP contribution >= 0.6 is 0 Å². The van der Waals surface area contributed by atoms with Gasteiger partial charge in [0.1, 0.15) is 11.3 Å². The molecule has 1 aromatic heterocycles. The maximum Gasteiger partial charge on any atom is 0.534 e. The van der Waals surface area contributed by atoms with Crippen molar-refractivity contribution < 1.29 is 30.2 Å². The molecule has 0 aliphatic heterocycles. The van der Waals surface area contributed by atoms with E-state index in [1.54, 1.807) is 0 Å². The lowest BCUT2D eigenvalue weighted by atomic mass is 10.1. The summed E-state index contributed by atoms with van der Waals surface area (Å²) >= 11 is 0. The first-order chi connectivity index (χ1) is 10.1. The van der Waals surface area contributed by atoms with Gasteiger partial charge in [-0.3, -0.25) is 0 Å². The van der Waals surface area contributed by atoms with Gasteiger partial charge < -0.3 is 13.5 Å². The number of alkyl halides is 3. The summed E-state index contributed by atoms with van der Waals surface area (Å²) in [5.41, 5.74) is -4.25. The molecule has 0 spiro atoms. The average molecular weight is 337 g/mol. The predicted octanol–water partition coefficient (Wildman–Crippen LogP) is 2.77. The summed E-state index contributed by atoms with van der Waals surface area (Å²) in [6, 6.07) is 3.72. The molecular weight excluding hydrogens is 323 g/mol. The second-order valence-electron chi connectivity index (χ2n) is 4.96. The van der Waals surface area contributed by atoms with E-state index in [0.29, 0.717) is 23.9 Å². The average Bonchev–Trinajstić information content (AvgIpc) is 2.77. The van der Waals surface area contributed by atoms with Crippen LogP contribution in [0.2, 0.25) is 0 Å². The molecule has 0 atom stereocenters. The van der Waals surface area contributed by atoms with Gasteiger partial charge in [-0.05, 0) is 44.3 Å². The van der Waals surface area contributed by atoms with Crippen molar-refractivity contribution in [3.05, 3.63) is 30.0 Å². The van der Waals surface area contributed by atoms with Crippen LogP contribution in [0.4, 0.5) is 13.2 Å². The number of hydrogen-bond acceptors (Lipinski definition) is 5. The molecule has 0 saturated carbocycles. The Bertz CT molecular complexity index is 765. The highest BCUT2D eigenvalue weighted by Crippen LogP contribution is 2.30. The van der Waals surface area contributed by atoms with Gasteiger partial charge in [-0.2, -0.15) is 21.6 Å². The number of halogens is 3. The molecule has 0 unspecified atom stereocenters. The van der Waals surface area contributed by atoms with E-state index in [2.05, 4.69) is 4.18 Å². The van der Waals surface area contributed by atoms with Crippen LogP contribution in [-0.2, 0) is 16.5 Å². The van der Waals surface area contributed by atoms with Crippen molar-refractivity contribution in [3.8, 4) is 5.75 Å². The van der Waals surface area contributed by atoms with E-state index in [4.69, 9.17) is 4.42 Å². The number of furan rings is 1. The van der Waals surface area contributed by atoms with Gasteiger partial charge in [0.15, 0.2) is 0 Å². The van der Waals surface area contributed by atoms with E-state index < -0.39 is 21.4 Å². The van der Waals surface area contributed by atoms with Crippen molar-refractivity contribution in [1.29, 1.82) is 0 Å². The summed E-state index contributed by atoms with van der Waals surface area (Å²) in [7, 11) is -1.92. The molecule has 2 aromatic rings. The first-order valence-electron chi connectivity index (χ1n) is 6.26. The summed E-state index contributed by atoms with van der Waals surface area (Å²) in [6.07, 6.45) is 2.10. The van der Waals surface area contributed by atoms with Gasteiger partial charge >= 0.3 is 15.6 Å². The van der Waals surface area contributed by atoms with Gasteiger partial charge in [0.05, 0.1) is 6.26 Å². The third-order valence-corrected chi connectivity index (χ3v) is 3.92. The smallest absolute Gasteiger partial charge is 0.464 e. The van der Waals surface area contributed by atoms with Crippen molar-refractivity contribution in [2.24, 2.45) is 0 Å². The van der Waals surface area contributed by atoms with Gasteiger partial charge in [-0.15, -0.1) is 0 Å². The minimum Gasteiger partial charge on any atom is -0.464 e. The fraction of sp³-hybridized carbons (Fsp3) is 0.385. The molecule has 0 amide bonds. The first kappa shape index (κ1) is 16.6. The molecule has 0 fully saturated rings. The van der Waals surface area contributed by atoms with E-state index in [0.717, 1.165) is 11.6 Å². The molecule has 0 saturated heterocycles. The topological polar surface area (TPSA) is 59.8 Å². The molecular formula is C13H14F3NO4S. The minimum atomic E-state index is -5.68. The number of nitrogens with zero attached hydrogens (tertiary/aromatic N) is 1. The van der Waals surface area contributed by atoms with E-state index in [9.17, 15) is 21.6 Å². The summed E-state index contributed by atoms with van der Waals surface area (Å²) < 4.78 is 68.4. The highest BCUT2D eigenvalue weighted by atomic mass is 32.2. The summed E-state index contributed by atoms with van der Waals surface area (Å²) in [5, 5.41) is 0.525. The van der Waals surface area contributed by atoms with Crippen LogP contribution in [0.5, 0.6) is 5.75 Å². The van der Waals surface area contributed by atoms with Crippen molar-refractivity contribution in [1.82, 2.24) is 4.90 Å². The molecule has 1 heterocycles. The standard InChI is InChI=1S/C13H14F3NO4S/c1-17(2)6-5-9-8-20-12-4-3-10(7-11(9)12)21-22(18,19)13(14,15)16/h3-4,7-8H,5-6H2,1-2H3. The fourth-order valence-corrected chi connectivity index (χ4v) is 2.28. The summed E-state index contributed by atoms with van der Waals surface area (Å²) in [4.78, 5) is 1.94. The quantitative estimate of drug-likeness (QED) is 0.620. The summed E-state index contributed by atoms with van der Waals surface area (Å²) in [5.74, 6) is -0.405. The Morgan fingerprint density at radius 1 is 1.27 bits per heavy atom. The predicted molar refractivity (Wildman–Crippen MR) is 74.1 cm³/mol. The van der Waals surface area contributed by atoms with Crippen LogP contribution in [0.15, 0.2) is 28.9 Å². The van der Waals surface area contributed by atoms with E-state index in [1.807, 2.05) is 19.0 Å². The lowest BCUT2D eigenvalue weighted by Crippen LogP contribution is -2.28. The fourth-order valence-electron chi connectivity index (χ4n) is 1.82. The molecule has 5 nitrogen and oxygen atoms in total. The Balaban J connectivity index is 2.32. The van der Waals surface area contributed by atoms with Crippen LogP contribution in [0.1, 0.15) is 5.56 Å². The monoisotopic (exact) mass is 337 g/mol. The number of likely N-dealkylation sites (N-methyl/N-ethyl adjacent to an activating group) is 1. The number of rotatable bonds is 5. The Labute approximate surface area is 125 Å². The maximum atomic E-state index is 12.3. The van der Waals surface area contributed by atoms with Crippen LogP contribution in [-0.4, -0.2) is 39.5 Å². The summed E-state index contributed by atoms with van der Waals surface area (Å²) in [6.45, 7) is 0.709. The highest BCUT2D eigenvalue weighted by molar-refractivity contribution is 7.88. The number of hydrogen-bond donors (Lipinski definition) is 0. The largest absolute Gasteiger partial charge is 0.534 e. The molecule has 2 rings (SSSR count). The Morgan fingerprint density at radius 2 is 1.95 bits per heavy atom. The molecule has 1 aromatic carbocycles. The second kappa shape index (κ2) is 5.81. The molecule has 122 valence electrons. The Kier molecular flexibility index (Phi) is 4.39. The zero-order chi connectivity index (χ0) is 16.5. The van der Waals surface area contributed by atoms with E-state index >= 15 is 0 Å². The molecule has 0 radical (unpaired) electrons. The maximum absolute atomic E-state index is 12.3. The molecule has 0 aliphatic rings. The third-order valence-electron chi connectivity index (χ3n) is 2.94. The Morgan fingerprint density at radius 3 is 2.55 bits per heavy atom.